The van der Waals surface area contributed by atoms with Gasteiger partial charge in [-0.3, -0.25) is 0 Å². The van der Waals surface area contributed by atoms with E-state index in [1.165, 1.54) is 23.1 Å². The number of para-hydroxylation sites is 1. The van der Waals surface area contributed by atoms with Crippen LogP contribution in [0.15, 0.2) is 67.0 Å². The summed E-state index contributed by atoms with van der Waals surface area (Å²) >= 11 is 0. The van der Waals surface area contributed by atoms with E-state index >= 15 is 0 Å². The number of hydrogen-bond donors (Lipinski definition) is 3. The van der Waals surface area contributed by atoms with Crippen molar-refractivity contribution in [1.82, 2.24) is 15.0 Å². The fourth-order valence-electron chi connectivity index (χ4n) is 3.18. The summed E-state index contributed by atoms with van der Waals surface area (Å²) in [5, 5.41) is 7.82. The topological polar surface area (TPSA) is 65.6 Å². The Morgan fingerprint density at radius 3 is 2.61 bits per heavy atom. The Labute approximate surface area is 163 Å². The zero-order chi connectivity index (χ0) is 19.2. The molecule has 0 bridgehead atoms. The Kier molecular flexibility index (Phi) is 5.47. The first-order valence-corrected chi connectivity index (χ1v) is 9.38. The SMILES string of the molecule is Fc1ccc(CCNc2ccnc(NCCc3c[nH]c4ccccc34)n2)cc1. The highest BCUT2D eigenvalue weighted by molar-refractivity contribution is 5.83. The van der Waals surface area contributed by atoms with Crippen LogP contribution in [0, 0.1) is 5.82 Å². The van der Waals surface area contributed by atoms with Gasteiger partial charge in [-0.15, -0.1) is 0 Å². The predicted octanol–water partition coefficient (Wildman–Crippen LogP) is 4.41. The average Bonchev–Trinajstić information content (AvgIpc) is 3.13. The number of hydrogen-bond acceptors (Lipinski definition) is 4. The van der Waals surface area contributed by atoms with E-state index in [1.54, 1.807) is 18.3 Å². The third-order valence-corrected chi connectivity index (χ3v) is 4.64. The Morgan fingerprint density at radius 1 is 0.893 bits per heavy atom. The van der Waals surface area contributed by atoms with Crippen LogP contribution in [0.1, 0.15) is 11.1 Å². The minimum absolute atomic E-state index is 0.212. The van der Waals surface area contributed by atoms with Crippen molar-refractivity contribution in [3.8, 4) is 0 Å². The summed E-state index contributed by atoms with van der Waals surface area (Å²) in [4.78, 5) is 12.1. The second-order valence-electron chi connectivity index (χ2n) is 6.61. The normalized spacial score (nSPS) is 10.9. The van der Waals surface area contributed by atoms with Crippen molar-refractivity contribution in [3.05, 3.63) is 83.9 Å². The summed E-state index contributed by atoms with van der Waals surface area (Å²) in [6.07, 6.45) is 5.48. The van der Waals surface area contributed by atoms with Gasteiger partial charge in [-0.05, 0) is 48.2 Å². The largest absolute Gasteiger partial charge is 0.370 e. The van der Waals surface area contributed by atoms with Crippen LogP contribution < -0.4 is 10.6 Å². The summed E-state index contributed by atoms with van der Waals surface area (Å²) in [6.45, 7) is 1.47. The van der Waals surface area contributed by atoms with E-state index in [2.05, 4.69) is 50.0 Å². The molecule has 3 N–H and O–H groups in total. The zero-order valence-electron chi connectivity index (χ0n) is 15.5. The molecule has 4 aromatic rings. The van der Waals surface area contributed by atoms with Crippen LogP contribution in [0.2, 0.25) is 0 Å². The molecule has 0 aliphatic carbocycles. The minimum atomic E-state index is -0.212. The summed E-state index contributed by atoms with van der Waals surface area (Å²) in [7, 11) is 0. The highest BCUT2D eigenvalue weighted by Crippen LogP contribution is 2.18. The van der Waals surface area contributed by atoms with Crippen molar-refractivity contribution in [2.75, 3.05) is 23.7 Å². The van der Waals surface area contributed by atoms with Gasteiger partial charge in [0.2, 0.25) is 5.95 Å². The maximum absolute atomic E-state index is 12.9. The number of nitrogens with one attached hydrogen (secondary N) is 3. The summed E-state index contributed by atoms with van der Waals surface area (Å²) in [5.41, 5.74) is 3.51. The van der Waals surface area contributed by atoms with Gasteiger partial charge in [0.25, 0.3) is 0 Å². The molecule has 6 heteroatoms. The maximum Gasteiger partial charge on any atom is 0.224 e. The number of aromatic nitrogens is 3. The number of anilines is 2. The monoisotopic (exact) mass is 375 g/mol. The standard InChI is InChI=1S/C22H22FN5/c23-18-7-5-16(6-8-18)9-12-24-21-11-14-26-22(28-21)25-13-10-17-15-27-20-4-2-1-3-19(17)20/h1-8,11,14-15,27H,9-10,12-13H2,(H2,24,25,26,28). The van der Waals surface area contributed by atoms with Gasteiger partial charge in [0.15, 0.2) is 0 Å². The number of H-pyrrole nitrogens is 1. The molecule has 0 fully saturated rings. The van der Waals surface area contributed by atoms with Gasteiger partial charge in [0.1, 0.15) is 11.6 Å². The highest BCUT2D eigenvalue weighted by Gasteiger charge is 2.04. The second kappa shape index (κ2) is 8.52. The van der Waals surface area contributed by atoms with Crippen molar-refractivity contribution >= 4 is 22.7 Å². The Balaban J connectivity index is 1.28. The lowest BCUT2D eigenvalue weighted by molar-refractivity contribution is 0.627. The lowest BCUT2D eigenvalue weighted by Crippen LogP contribution is -2.10. The molecule has 5 nitrogen and oxygen atoms in total. The highest BCUT2D eigenvalue weighted by atomic mass is 19.1. The van der Waals surface area contributed by atoms with Gasteiger partial charge in [-0.2, -0.15) is 4.98 Å². The number of aromatic amines is 1. The molecule has 4 rings (SSSR count). The smallest absolute Gasteiger partial charge is 0.224 e. The van der Waals surface area contributed by atoms with Gasteiger partial charge in [0, 0.05) is 36.4 Å². The van der Waals surface area contributed by atoms with Crippen LogP contribution in [0.25, 0.3) is 10.9 Å². The van der Waals surface area contributed by atoms with Crippen molar-refractivity contribution in [3.63, 3.8) is 0 Å². The van der Waals surface area contributed by atoms with Crippen LogP contribution in [0.5, 0.6) is 0 Å². The molecule has 0 unspecified atom stereocenters. The molecule has 0 aliphatic rings. The summed E-state index contributed by atoms with van der Waals surface area (Å²) in [6, 6.07) is 16.7. The molecule has 0 spiro atoms. The molecule has 2 aromatic carbocycles. The molecular weight excluding hydrogens is 353 g/mol. The van der Waals surface area contributed by atoms with E-state index in [-0.39, 0.29) is 5.82 Å². The van der Waals surface area contributed by atoms with Crippen LogP contribution >= 0.6 is 0 Å². The fraction of sp³-hybridized carbons (Fsp3) is 0.182. The minimum Gasteiger partial charge on any atom is -0.370 e. The molecule has 0 saturated heterocycles. The van der Waals surface area contributed by atoms with Crippen molar-refractivity contribution in [2.45, 2.75) is 12.8 Å². The molecule has 0 radical (unpaired) electrons. The van der Waals surface area contributed by atoms with Crippen molar-refractivity contribution in [1.29, 1.82) is 0 Å². The molecule has 0 aliphatic heterocycles. The van der Waals surface area contributed by atoms with Crippen LogP contribution in [0.4, 0.5) is 16.2 Å². The van der Waals surface area contributed by atoms with Gasteiger partial charge in [-0.25, -0.2) is 9.37 Å². The molecule has 0 amide bonds. The Morgan fingerprint density at radius 2 is 1.71 bits per heavy atom. The Hall–Kier alpha value is -3.41. The zero-order valence-corrected chi connectivity index (χ0v) is 15.5. The molecule has 0 atom stereocenters. The summed E-state index contributed by atoms with van der Waals surface area (Å²) < 4.78 is 12.9. The number of benzene rings is 2. The van der Waals surface area contributed by atoms with Gasteiger partial charge in [0.05, 0.1) is 0 Å². The van der Waals surface area contributed by atoms with Crippen LogP contribution in [-0.2, 0) is 12.8 Å². The first kappa shape index (κ1) is 18.0. The molecule has 2 aromatic heterocycles. The first-order valence-electron chi connectivity index (χ1n) is 9.38. The lowest BCUT2D eigenvalue weighted by atomic mass is 10.1. The predicted molar refractivity (Wildman–Crippen MR) is 111 cm³/mol. The number of rotatable bonds is 8. The van der Waals surface area contributed by atoms with E-state index in [4.69, 9.17) is 0 Å². The quantitative estimate of drug-likeness (QED) is 0.427. The Bertz CT molecular complexity index is 1040. The third-order valence-electron chi connectivity index (χ3n) is 4.64. The van der Waals surface area contributed by atoms with Crippen molar-refractivity contribution in [2.24, 2.45) is 0 Å². The molecule has 0 saturated carbocycles. The number of nitrogens with zero attached hydrogens (tertiary/aromatic N) is 2. The van der Waals surface area contributed by atoms with E-state index in [0.29, 0.717) is 5.95 Å². The molecular formula is C22H22FN5. The fourth-order valence-corrected chi connectivity index (χ4v) is 3.18. The number of fused-ring (bicyclic) bond motifs is 1. The third kappa shape index (κ3) is 4.46. The molecule has 2 heterocycles. The maximum atomic E-state index is 12.9. The van der Waals surface area contributed by atoms with Crippen LogP contribution in [0.3, 0.4) is 0 Å². The lowest BCUT2D eigenvalue weighted by Gasteiger charge is -2.08. The van der Waals surface area contributed by atoms with Gasteiger partial charge < -0.3 is 15.6 Å². The molecule has 28 heavy (non-hydrogen) atoms. The summed E-state index contributed by atoms with van der Waals surface area (Å²) in [5.74, 6) is 1.16. The van der Waals surface area contributed by atoms with E-state index in [9.17, 15) is 4.39 Å². The van der Waals surface area contributed by atoms with Crippen LogP contribution in [-0.4, -0.2) is 28.0 Å². The first-order chi connectivity index (χ1) is 13.8. The molecule has 142 valence electrons. The average molecular weight is 375 g/mol. The van der Waals surface area contributed by atoms with Gasteiger partial charge >= 0.3 is 0 Å². The van der Waals surface area contributed by atoms with E-state index < -0.39 is 0 Å². The number of halogens is 1. The van der Waals surface area contributed by atoms with E-state index in [0.717, 1.165) is 42.8 Å². The van der Waals surface area contributed by atoms with Crippen molar-refractivity contribution < 1.29 is 4.39 Å². The van der Waals surface area contributed by atoms with Gasteiger partial charge in [-0.1, -0.05) is 30.3 Å². The second-order valence-corrected chi connectivity index (χ2v) is 6.61. The van der Waals surface area contributed by atoms with E-state index in [1.807, 2.05) is 12.1 Å².